The van der Waals surface area contributed by atoms with Crippen LogP contribution < -0.4 is 0 Å². The third-order valence-electron chi connectivity index (χ3n) is 1.02. The van der Waals surface area contributed by atoms with E-state index in [0.29, 0.717) is 5.56 Å². The lowest BCUT2D eigenvalue weighted by Gasteiger charge is -1.88. The van der Waals surface area contributed by atoms with Crippen LogP contribution in [0.2, 0.25) is 0 Å². The van der Waals surface area contributed by atoms with Gasteiger partial charge in [0.15, 0.2) is 0 Å². The lowest BCUT2D eigenvalue weighted by molar-refractivity contribution is 0.0697. The van der Waals surface area contributed by atoms with Crippen LogP contribution in [0.25, 0.3) is 0 Å². The normalized spacial score (nSPS) is 7.27. The standard InChI is InChI=1S/C7H6O2.BrH.ClH/c8-7(9)6-4-2-1-3-5-6;;/h1-5H,(H,8,9);2*1H. The summed E-state index contributed by atoms with van der Waals surface area (Å²) < 4.78 is 0. The zero-order valence-corrected chi connectivity index (χ0v) is 8.09. The Morgan fingerprint density at radius 3 is 1.91 bits per heavy atom. The summed E-state index contributed by atoms with van der Waals surface area (Å²) >= 11 is 0. The van der Waals surface area contributed by atoms with E-state index in [2.05, 4.69) is 0 Å². The van der Waals surface area contributed by atoms with Gasteiger partial charge in [-0.3, -0.25) is 0 Å². The number of hydrogen-bond acceptors (Lipinski definition) is 1. The molecule has 11 heavy (non-hydrogen) atoms. The summed E-state index contributed by atoms with van der Waals surface area (Å²) in [5.41, 5.74) is 0.331. The van der Waals surface area contributed by atoms with Crippen LogP contribution in [0, 0.1) is 0 Å². The SMILES string of the molecule is Br.Cl.O=C(O)c1ccccc1. The van der Waals surface area contributed by atoms with E-state index in [1.807, 2.05) is 0 Å². The van der Waals surface area contributed by atoms with Crippen LogP contribution in [0.4, 0.5) is 0 Å². The minimum Gasteiger partial charge on any atom is -0.478 e. The second kappa shape index (κ2) is 6.19. The first-order valence-corrected chi connectivity index (χ1v) is 2.59. The number of benzene rings is 1. The van der Waals surface area contributed by atoms with Crippen molar-refractivity contribution in [2.45, 2.75) is 0 Å². The fraction of sp³-hybridized carbons (Fsp3) is 0. The van der Waals surface area contributed by atoms with E-state index in [1.165, 1.54) is 0 Å². The molecule has 0 fully saturated rings. The molecule has 0 radical (unpaired) electrons. The summed E-state index contributed by atoms with van der Waals surface area (Å²) in [4.78, 5) is 10.2. The molecule has 1 aromatic rings. The number of carboxylic acid groups (broad SMARTS) is 1. The van der Waals surface area contributed by atoms with Crippen LogP contribution in [-0.4, -0.2) is 11.1 Å². The molecule has 1 N–H and O–H groups in total. The minimum absolute atomic E-state index is 0. The minimum atomic E-state index is -0.879. The van der Waals surface area contributed by atoms with Gasteiger partial charge in [-0.2, -0.15) is 0 Å². The number of rotatable bonds is 1. The summed E-state index contributed by atoms with van der Waals surface area (Å²) in [5.74, 6) is -0.879. The molecule has 0 heterocycles. The third kappa shape index (κ3) is 4.01. The van der Waals surface area contributed by atoms with Crippen molar-refractivity contribution in [1.82, 2.24) is 0 Å². The number of hydrogen-bond donors (Lipinski definition) is 1. The molecule has 0 saturated carbocycles. The van der Waals surface area contributed by atoms with Gasteiger partial charge in [0.05, 0.1) is 5.56 Å². The van der Waals surface area contributed by atoms with Crippen molar-refractivity contribution in [2.75, 3.05) is 0 Å². The van der Waals surface area contributed by atoms with Crippen LogP contribution in [0.1, 0.15) is 10.4 Å². The summed E-state index contributed by atoms with van der Waals surface area (Å²) in [5, 5.41) is 8.38. The number of carbonyl (C=O) groups is 1. The number of halogens is 2. The van der Waals surface area contributed by atoms with Crippen LogP contribution in [-0.2, 0) is 0 Å². The molecule has 0 saturated heterocycles. The van der Waals surface area contributed by atoms with Crippen LogP contribution >= 0.6 is 29.4 Å². The maximum atomic E-state index is 10.2. The van der Waals surface area contributed by atoms with Gasteiger partial charge in [0.2, 0.25) is 0 Å². The zero-order valence-electron chi connectivity index (χ0n) is 5.56. The second-order valence-electron chi connectivity index (χ2n) is 1.67. The first kappa shape index (κ1) is 13.1. The molecule has 0 spiro atoms. The molecule has 0 aliphatic rings. The van der Waals surface area contributed by atoms with Crippen LogP contribution in [0.5, 0.6) is 0 Å². The second-order valence-corrected chi connectivity index (χ2v) is 1.67. The van der Waals surface area contributed by atoms with Crippen molar-refractivity contribution in [3.05, 3.63) is 35.9 Å². The van der Waals surface area contributed by atoms with Crippen molar-refractivity contribution in [1.29, 1.82) is 0 Å². The molecule has 0 bridgehead atoms. The quantitative estimate of drug-likeness (QED) is 0.817. The van der Waals surface area contributed by atoms with E-state index in [0.717, 1.165) is 0 Å². The fourth-order valence-electron chi connectivity index (χ4n) is 0.581. The first-order valence-electron chi connectivity index (χ1n) is 2.59. The largest absolute Gasteiger partial charge is 0.478 e. The van der Waals surface area contributed by atoms with Gasteiger partial charge in [-0.05, 0) is 12.1 Å². The molecular formula is C7H8BrClO2. The first-order chi connectivity index (χ1) is 4.30. The highest BCUT2D eigenvalue weighted by Gasteiger charge is 1.96. The van der Waals surface area contributed by atoms with E-state index in [1.54, 1.807) is 30.3 Å². The van der Waals surface area contributed by atoms with Crippen molar-refractivity contribution < 1.29 is 9.90 Å². The van der Waals surface area contributed by atoms with E-state index in [9.17, 15) is 4.79 Å². The Morgan fingerprint density at radius 2 is 1.64 bits per heavy atom. The Bertz CT molecular complexity index is 213. The monoisotopic (exact) mass is 238 g/mol. The molecule has 2 nitrogen and oxygen atoms in total. The Morgan fingerprint density at radius 1 is 1.18 bits per heavy atom. The van der Waals surface area contributed by atoms with Crippen molar-refractivity contribution >= 4 is 35.4 Å². The Hall–Kier alpha value is -0.540. The molecule has 0 unspecified atom stereocenters. The van der Waals surface area contributed by atoms with Gasteiger partial charge in [0.1, 0.15) is 0 Å². The molecule has 0 aliphatic carbocycles. The highest BCUT2D eigenvalue weighted by molar-refractivity contribution is 8.93. The van der Waals surface area contributed by atoms with Gasteiger partial charge in [0.25, 0.3) is 0 Å². The van der Waals surface area contributed by atoms with Gasteiger partial charge < -0.3 is 5.11 Å². The highest BCUT2D eigenvalue weighted by Crippen LogP contribution is 1.96. The summed E-state index contributed by atoms with van der Waals surface area (Å²) in [7, 11) is 0. The average molecular weight is 239 g/mol. The lowest BCUT2D eigenvalue weighted by atomic mass is 10.2. The number of aromatic carboxylic acids is 1. The predicted octanol–water partition coefficient (Wildman–Crippen LogP) is 2.38. The molecule has 0 aromatic heterocycles. The Labute approximate surface area is 81.4 Å². The molecule has 62 valence electrons. The average Bonchev–Trinajstić information content (AvgIpc) is 1.90. The van der Waals surface area contributed by atoms with Gasteiger partial charge in [-0.15, -0.1) is 29.4 Å². The molecule has 4 heteroatoms. The Balaban J connectivity index is 0. The third-order valence-corrected chi connectivity index (χ3v) is 1.02. The van der Waals surface area contributed by atoms with Crippen molar-refractivity contribution in [2.24, 2.45) is 0 Å². The predicted molar refractivity (Wildman–Crippen MR) is 51.0 cm³/mol. The molecule has 1 rings (SSSR count). The van der Waals surface area contributed by atoms with E-state index < -0.39 is 5.97 Å². The van der Waals surface area contributed by atoms with Crippen molar-refractivity contribution in [3.63, 3.8) is 0 Å². The van der Waals surface area contributed by atoms with Gasteiger partial charge in [-0.1, -0.05) is 18.2 Å². The molecule has 1 aromatic carbocycles. The van der Waals surface area contributed by atoms with E-state index in [4.69, 9.17) is 5.11 Å². The molecular weight excluding hydrogens is 231 g/mol. The zero-order chi connectivity index (χ0) is 6.69. The topological polar surface area (TPSA) is 37.3 Å². The molecule has 0 atom stereocenters. The van der Waals surface area contributed by atoms with E-state index >= 15 is 0 Å². The summed E-state index contributed by atoms with van der Waals surface area (Å²) in [6.45, 7) is 0. The maximum absolute atomic E-state index is 10.2. The van der Waals surface area contributed by atoms with Crippen molar-refractivity contribution in [3.8, 4) is 0 Å². The molecule has 0 aliphatic heterocycles. The smallest absolute Gasteiger partial charge is 0.335 e. The fourth-order valence-corrected chi connectivity index (χ4v) is 0.581. The number of carboxylic acids is 1. The van der Waals surface area contributed by atoms with Gasteiger partial charge in [-0.25, -0.2) is 4.79 Å². The molecule has 0 amide bonds. The van der Waals surface area contributed by atoms with Crippen LogP contribution in [0.15, 0.2) is 30.3 Å². The van der Waals surface area contributed by atoms with Gasteiger partial charge in [0, 0.05) is 0 Å². The van der Waals surface area contributed by atoms with Crippen LogP contribution in [0.3, 0.4) is 0 Å². The van der Waals surface area contributed by atoms with Gasteiger partial charge >= 0.3 is 5.97 Å². The maximum Gasteiger partial charge on any atom is 0.335 e. The Kier molecular flexibility index (Phi) is 7.36. The summed E-state index contributed by atoms with van der Waals surface area (Å²) in [6.07, 6.45) is 0. The highest BCUT2D eigenvalue weighted by atomic mass is 79.9. The van der Waals surface area contributed by atoms with E-state index in [-0.39, 0.29) is 29.4 Å². The lowest BCUT2D eigenvalue weighted by Crippen LogP contribution is -1.93. The summed E-state index contributed by atoms with van der Waals surface area (Å²) in [6, 6.07) is 8.30.